The molecule has 0 atom stereocenters. The number of hydrogen-bond acceptors (Lipinski definition) is 5. The molecule has 26 heavy (non-hydrogen) atoms. The van der Waals surface area contributed by atoms with Crippen molar-refractivity contribution in [1.29, 1.82) is 0 Å². The Kier molecular flexibility index (Phi) is 5.99. The van der Waals surface area contributed by atoms with Gasteiger partial charge in [-0.25, -0.2) is 17.9 Å². The van der Waals surface area contributed by atoms with Gasteiger partial charge in [0, 0.05) is 16.6 Å². The second kappa shape index (κ2) is 8.06. The van der Waals surface area contributed by atoms with Crippen molar-refractivity contribution in [2.75, 3.05) is 6.61 Å². The second-order valence-electron chi connectivity index (χ2n) is 6.66. The van der Waals surface area contributed by atoms with Crippen LogP contribution in [0.3, 0.4) is 0 Å². The molecular formula is C17H21BrN2O5S. The van der Waals surface area contributed by atoms with E-state index in [-0.39, 0.29) is 35.1 Å². The van der Waals surface area contributed by atoms with Crippen molar-refractivity contribution >= 4 is 37.8 Å². The number of esters is 1. The fraction of sp³-hybridized carbons (Fsp3) is 0.529. The number of halogens is 1. The number of amides is 1. The van der Waals surface area contributed by atoms with Crippen molar-refractivity contribution in [3.63, 3.8) is 0 Å². The van der Waals surface area contributed by atoms with Gasteiger partial charge >= 0.3 is 5.97 Å². The fourth-order valence-corrected chi connectivity index (χ4v) is 4.60. The van der Waals surface area contributed by atoms with Gasteiger partial charge in [0.1, 0.15) is 0 Å². The maximum absolute atomic E-state index is 12.3. The number of carbonyl (C=O) groups excluding carboxylic acids is 2. The summed E-state index contributed by atoms with van der Waals surface area (Å²) in [6.45, 7) is -0.390. The van der Waals surface area contributed by atoms with Gasteiger partial charge in [0.05, 0.1) is 10.5 Å². The van der Waals surface area contributed by atoms with Crippen molar-refractivity contribution < 1.29 is 22.7 Å². The zero-order chi connectivity index (χ0) is 18.7. The Bertz CT molecular complexity index is 801. The van der Waals surface area contributed by atoms with E-state index in [1.54, 1.807) is 0 Å². The molecule has 0 heterocycles. The third kappa shape index (κ3) is 5.05. The predicted molar refractivity (Wildman–Crippen MR) is 98.2 cm³/mol. The van der Waals surface area contributed by atoms with Crippen LogP contribution >= 0.6 is 15.9 Å². The number of sulfonamides is 1. The molecule has 142 valence electrons. The monoisotopic (exact) mass is 444 g/mol. The lowest BCUT2D eigenvalue weighted by Gasteiger charge is -2.13. The quantitative estimate of drug-likeness (QED) is 0.626. The summed E-state index contributed by atoms with van der Waals surface area (Å²) in [6, 6.07) is 4.27. The van der Waals surface area contributed by atoms with Gasteiger partial charge in [0.2, 0.25) is 10.0 Å². The molecule has 2 aliphatic rings. The summed E-state index contributed by atoms with van der Waals surface area (Å²) in [6.07, 6.45) is 5.71. The van der Waals surface area contributed by atoms with E-state index in [4.69, 9.17) is 4.74 Å². The molecule has 1 amide bonds. The van der Waals surface area contributed by atoms with Gasteiger partial charge < -0.3 is 10.1 Å². The predicted octanol–water partition coefficient (Wildman–Crippen LogP) is 2.11. The molecule has 0 radical (unpaired) electrons. The zero-order valence-electron chi connectivity index (χ0n) is 14.2. The number of ether oxygens (including phenoxy) is 1. The summed E-state index contributed by atoms with van der Waals surface area (Å²) in [5.74, 6) is -1.09. The van der Waals surface area contributed by atoms with Crippen LogP contribution in [0.2, 0.25) is 0 Å². The molecule has 0 bridgehead atoms. The van der Waals surface area contributed by atoms with Crippen LogP contribution in [0, 0.1) is 0 Å². The van der Waals surface area contributed by atoms with Crippen LogP contribution in [0.5, 0.6) is 0 Å². The van der Waals surface area contributed by atoms with Gasteiger partial charge in [-0.05, 0) is 59.8 Å². The van der Waals surface area contributed by atoms with E-state index in [0.29, 0.717) is 4.47 Å². The minimum atomic E-state index is -3.67. The van der Waals surface area contributed by atoms with Gasteiger partial charge in [-0.1, -0.05) is 12.8 Å². The van der Waals surface area contributed by atoms with Crippen molar-refractivity contribution in [2.45, 2.75) is 55.5 Å². The molecule has 2 N–H and O–H groups in total. The van der Waals surface area contributed by atoms with E-state index in [0.717, 1.165) is 38.5 Å². The first kappa shape index (κ1) is 19.3. The highest BCUT2D eigenvalue weighted by atomic mass is 79.9. The van der Waals surface area contributed by atoms with Crippen molar-refractivity contribution in [3.8, 4) is 0 Å². The maximum atomic E-state index is 12.3. The number of carbonyl (C=O) groups is 2. The Balaban J connectivity index is 1.62. The summed E-state index contributed by atoms with van der Waals surface area (Å²) in [5.41, 5.74) is 0.0670. The summed E-state index contributed by atoms with van der Waals surface area (Å²) >= 11 is 3.22. The van der Waals surface area contributed by atoms with Crippen LogP contribution < -0.4 is 10.0 Å². The molecule has 0 unspecified atom stereocenters. The van der Waals surface area contributed by atoms with Gasteiger partial charge in [0.15, 0.2) is 6.61 Å². The molecule has 0 saturated heterocycles. The molecule has 3 rings (SSSR count). The van der Waals surface area contributed by atoms with Crippen LogP contribution in [0.15, 0.2) is 27.6 Å². The molecular weight excluding hydrogens is 424 g/mol. The van der Waals surface area contributed by atoms with E-state index >= 15 is 0 Å². The van der Waals surface area contributed by atoms with Crippen LogP contribution in [-0.2, 0) is 19.6 Å². The summed E-state index contributed by atoms with van der Waals surface area (Å²) < 4.78 is 32.6. The van der Waals surface area contributed by atoms with E-state index in [1.165, 1.54) is 18.2 Å². The van der Waals surface area contributed by atoms with Crippen LogP contribution in [0.25, 0.3) is 0 Å². The lowest BCUT2D eigenvalue weighted by Crippen LogP contribution is -2.36. The van der Waals surface area contributed by atoms with Gasteiger partial charge in [-0.3, -0.25) is 4.79 Å². The van der Waals surface area contributed by atoms with E-state index < -0.39 is 16.0 Å². The molecule has 9 heteroatoms. The Hall–Kier alpha value is -1.45. The first-order valence-electron chi connectivity index (χ1n) is 8.63. The topological polar surface area (TPSA) is 102 Å². The highest BCUT2D eigenvalue weighted by Gasteiger charge is 2.29. The molecule has 7 nitrogen and oxygen atoms in total. The molecule has 1 aromatic carbocycles. The van der Waals surface area contributed by atoms with Gasteiger partial charge in [0.25, 0.3) is 5.91 Å². The first-order chi connectivity index (χ1) is 12.3. The highest BCUT2D eigenvalue weighted by molar-refractivity contribution is 9.10. The minimum Gasteiger partial charge on any atom is -0.452 e. The highest BCUT2D eigenvalue weighted by Crippen LogP contribution is 2.25. The Morgan fingerprint density at radius 2 is 1.81 bits per heavy atom. The molecule has 0 spiro atoms. The lowest BCUT2D eigenvalue weighted by molar-refractivity contribution is -0.124. The number of hydrogen-bond donors (Lipinski definition) is 2. The third-order valence-corrected chi connectivity index (χ3v) is 6.63. The van der Waals surface area contributed by atoms with Crippen LogP contribution in [-0.4, -0.2) is 39.0 Å². The molecule has 2 aliphatic carbocycles. The summed E-state index contributed by atoms with van der Waals surface area (Å²) in [7, 11) is -3.67. The fourth-order valence-electron chi connectivity index (χ4n) is 2.86. The summed E-state index contributed by atoms with van der Waals surface area (Å²) in [4.78, 5) is 24.1. The molecule has 2 saturated carbocycles. The normalized spacial score (nSPS) is 17.9. The average Bonchev–Trinajstić information content (AvgIpc) is 3.24. The molecule has 2 fully saturated rings. The summed E-state index contributed by atoms with van der Waals surface area (Å²) in [5, 5.41) is 2.83. The smallest absolute Gasteiger partial charge is 0.339 e. The maximum Gasteiger partial charge on any atom is 0.339 e. The number of benzene rings is 1. The van der Waals surface area contributed by atoms with Gasteiger partial charge in [-0.2, -0.15) is 0 Å². The molecule has 1 aromatic rings. The minimum absolute atomic E-state index is 0.00467. The third-order valence-electron chi connectivity index (χ3n) is 4.42. The van der Waals surface area contributed by atoms with Crippen LogP contribution in [0.4, 0.5) is 0 Å². The Morgan fingerprint density at radius 1 is 1.12 bits per heavy atom. The molecule has 0 aliphatic heterocycles. The number of rotatable bonds is 7. The zero-order valence-corrected chi connectivity index (χ0v) is 16.6. The average molecular weight is 445 g/mol. The first-order valence-corrected chi connectivity index (χ1v) is 10.9. The Morgan fingerprint density at radius 3 is 2.46 bits per heavy atom. The number of nitrogens with one attached hydrogen (secondary N) is 2. The molecule has 0 aromatic heterocycles. The van der Waals surface area contributed by atoms with E-state index in [1.807, 2.05) is 0 Å². The van der Waals surface area contributed by atoms with Gasteiger partial charge in [-0.15, -0.1) is 0 Å². The second-order valence-corrected chi connectivity index (χ2v) is 9.23. The standard InChI is InChI=1S/C17H21BrN2O5S/c18-15-8-7-13(26(23,24)20-12-5-6-12)9-14(15)17(22)25-10-16(21)19-11-3-1-2-4-11/h7-9,11-12,20H,1-6,10H2,(H,19,21). The largest absolute Gasteiger partial charge is 0.452 e. The Labute approximate surface area is 161 Å². The van der Waals surface area contributed by atoms with E-state index in [9.17, 15) is 18.0 Å². The van der Waals surface area contributed by atoms with Crippen molar-refractivity contribution in [1.82, 2.24) is 10.0 Å². The van der Waals surface area contributed by atoms with Crippen molar-refractivity contribution in [3.05, 3.63) is 28.2 Å². The van der Waals surface area contributed by atoms with Crippen LogP contribution in [0.1, 0.15) is 48.9 Å². The SMILES string of the molecule is O=C(COC(=O)c1cc(S(=O)(=O)NC2CC2)ccc1Br)NC1CCCC1. The van der Waals surface area contributed by atoms with E-state index in [2.05, 4.69) is 26.0 Å². The lowest BCUT2D eigenvalue weighted by atomic mass is 10.2. The van der Waals surface area contributed by atoms with Crippen molar-refractivity contribution in [2.24, 2.45) is 0 Å².